The van der Waals surface area contributed by atoms with Gasteiger partial charge in [0, 0.05) is 31.4 Å². The van der Waals surface area contributed by atoms with Crippen molar-refractivity contribution in [1.82, 2.24) is 15.1 Å². The van der Waals surface area contributed by atoms with Crippen molar-refractivity contribution in [3.05, 3.63) is 72.0 Å². The van der Waals surface area contributed by atoms with Gasteiger partial charge in [-0.25, -0.2) is 5.01 Å². The Bertz CT molecular complexity index is 1110. The van der Waals surface area contributed by atoms with E-state index in [2.05, 4.69) is 21.6 Å². The second-order valence-corrected chi connectivity index (χ2v) is 8.77. The second kappa shape index (κ2) is 9.62. The molecule has 33 heavy (non-hydrogen) atoms. The summed E-state index contributed by atoms with van der Waals surface area (Å²) < 4.78 is 7.86. The fraction of sp³-hybridized carbons (Fsp3) is 0.400. The summed E-state index contributed by atoms with van der Waals surface area (Å²) in [6, 6.07) is 8.19. The number of hydrazone groups is 1. The molecule has 1 saturated carbocycles. The summed E-state index contributed by atoms with van der Waals surface area (Å²) in [6.07, 6.45) is 15.3. The van der Waals surface area contributed by atoms with Crippen LogP contribution in [0.4, 0.5) is 5.69 Å². The Balaban J connectivity index is 1.24. The van der Waals surface area contributed by atoms with E-state index in [1.807, 2.05) is 37.6 Å². The van der Waals surface area contributed by atoms with Gasteiger partial charge >= 0.3 is 0 Å². The smallest absolute Gasteiger partial charge is 0.134 e. The largest absolute Gasteiger partial charge is 0.491 e. The van der Waals surface area contributed by atoms with Gasteiger partial charge in [-0.1, -0.05) is 24.6 Å². The highest BCUT2D eigenvalue weighted by Crippen LogP contribution is 2.23. The lowest BCUT2D eigenvalue weighted by Gasteiger charge is -2.25. The van der Waals surface area contributed by atoms with E-state index in [1.54, 1.807) is 28.2 Å². The van der Waals surface area contributed by atoms with Crippen LogP contribution in [0.2, 0.25) is 0 Å². The Morgan fingerprint density at radius 3 is 2.85 bits per heavy atom. The van der Waals surface area contributed by atoms with Crippen LogP contribution in [0.15, 0.2) is 71.0 Å². The number of aliphatic hydroxyl groups is 1. The average molecular weight is 447 g/mol. The number of nitrogens with zero attached hydrogens (tertiary/aromatic N) is 5. The van der Waals surface area contributed by atoms with Crippen LogP contribution in [0.5, 0.6) is 0 Å². The summed E-state index contributed by atoms with van der Waals surface area (Å²) >= 11 is 0. The predicted molar refractivity (Wildman–Crippen MR) is 129 cm³/mol. The number of nitrogens with one attached hydrogen (secondary N) is 1. The van der Waals surface area contributed by atoms with Gasteiger partial charge in [0.25, 0.3) is 0 Å². The maximum absolute atomic E-state index is 10.5. The van der Waals surface area contributed by atoms with Crippen LogP contribution < -0.4 is 10.3 Å². The first-order chi connectivity index (χ1) is 16.1. The first-order valence-electron chi connectivity index (χ1n) is 11.6. The molecule has 1 aromatic heterocycles. The highest BCUT2D eigenvalue weighted by molar-refractivity contribution is 6.00. The maximum atomic E-state index is 10.5. The molecule has 8 nitrogen and oxygen atoms in total. The number of aryl methyl sites for hydroxylation is 1. The van der Waals surface area contributed by atoms with Crippen molar-refractivity contribution in [1.29, 1.82) is 0 Å². The standard InChI is InChI=1S/C25H30N6O2/c1-30-17-20(14-28-30)31-11-10-24(32)23(29-31)13-18-6-5-7-19(12-18)25-26-15-22(16-27-25)33-21-8-3-2-4-9-21/h5-7,10-12,14-15,17,21,24,32H,2-4,8-9,13,16H2,1H3,(H,26,27). The molecule has 2 aliphatic heterocycles. The zero-order valence-electron chi connectivity index (χ0n) is 18.9. The minimum atomic E-state index is -0.714. The molecule has 2 aromatic rings. The number of benzene rings is 1. The molecule has 0 spiro atoms. The molecule has 0 amide bonds. The SMILES string of the molecule is Cn1cc(N2C=CC(O)C(Cc3cccc(C4=NCC(OC5CCCCC5)=CN4)c3)=N2)cn1. The fourth-order valence-electron chi connectivity index (χ4n) is 4.39. The quantitative estimate of drug-likeness (QED) is 0.711. The first kappa shape index (κ1) is 21.5. The minimum Gasteiger partial charge on any atom is -0.491 e. The number of aliphatic hydroxyl groups excluding tert-OH is 1. The minimum absolute atomic E-state index is 0.329. The van der Waals surface area contributed by atoms with Crippen LogP contribution >= 0.6 is 0 Å². The van der Waals surface area contributed by atoms with E-state index < -0.39 is 6.10 Å². The molecule has 0 radical (unpaired) electrons. The maximum Gasteiger partial charge on any atom is 0.134 e. The Kier molecular flexibility index (Phi) is 6.26. The third-order valence-electron chi connectivity index (χ3n) is 6.16. The Morgan fingerprint density at radius 1 is 1.21 bits per heavy atom. The number of hydrogen-bond donors (Lipinski definition) is 2. The normalized spacial score (nSPS) is 21.2. The van der Waals surface area contributed by atoms with E-state index in [0.29, 0.717) is 24.8 Å². The van der Waals surface area contributed by atoms with Crippen molar-refractivity contribution < 1.29 is 9.84 Å². The van der Waals surface area contributed by atoms with Gasteiger partial charge in [-0.2, -0.15) is 10.2 Å². The molecule has 3 aliphatic rings. The summed E-state index contributed by atoms with van der Waals surface area (Å²) in [6.45, 7) is 0.555. The van der Waals surface area contributed by atoms with Crippen molar-refractivity contribution in [2.45, 2.75) is 50.7 Å². The predicted octanol–water partition coefficient (Wildman–Crippen LogP) is 3.25. The van der Waals surface area contributed by atoms with Gasteiger partial charge in [-0.15, -0.1) is 0 Å². The van der Waals surface area contributed by atoms with Gasteiger partial charge in [0.15, 0.2) is 0 Å². The molecule has 172 valence electrons. The lowest BCUT2D eigenvalue weighted by Crippen LogP contribution is -2.29. The van der Waals surface area contributed by atoms with Crippen molar-refractivity contribution in [3.8, 4) is 0 Å². The fourth-order valence-corrected chi connectivity index (χ4v) is 4.39. The van der Waals surface area contributed by atoms with E-state index in [9.17, 15) is 5.11 Å². The first-order valence-corrected chi connectivity index (χ1v) is 11.6. The molecule has 1 atom stereocenters. The second-order valence-electron chi connectivity index (χ2n) is 8.77. The highest BCUT2D eigenvalue weighted by atomic mass is 16.5. The zero-order valence-corrected chi connectivity index (χ0v) is 18.9. The topological polar surface area (TPSA) is 87.3 Å². The lowest BCUT2D eigenvalue weighted by atomic mass is 9.98. The van der Waals surface area contributed by atoms with Crippen LogP contribution in [0.25, 0.3) is 0 Å². The monoisotopic (exact) mass is 446 g/mol. The van der Waals surface area contributed by atoms with Gasteiger partial charge in [-0.3, -0.25) is 9.67 Å². The number of aliphatic imine (C=N–C) groups is 1. The number of aromatic nitrogens is 2. The summed E-state index contributed by atoms with van der Waals surface area (Å²) in [4.78, 5) is 4.71. The van der Waals surface area contributed by atoms with Crippen molar-refractivity contribution in [2.24, 2.45) is 17.1 Å². The van der Waals surface area contributed by atoms with E-state index in [0.717, 1.165) is 41.3 Å². The van der Waals surface area contributed by atoms with E-state index >= 15 is 0 Å². The molecule has 1 aromatic carbocycles. The number of hydrogen-bond acceptors (Lipinski definition) is 7. The molecule has 0 saturated heterocycles. The van der Waals surface area contributed by atoms with Gasteiger partial charge in [0.2, 0.25) is 0 Å². The number of rotatable bonds is 6. The van der Waals surface area contributed by atoms with E-state index in [-0.39, 0.29) is 0 Å². The van der Waals surface area contributed by atoms with Crippen LogP contribution in [0, 0.1) is 0 Å². The molecule has 1 fully saturated rings. The van der Waals surface area contributed by atoms with Gasteiger partial charge in [0.1, 0.15) is 29.9 Å². The van der Waals surface area contributed by atoms with Gasteiger partial charge in [0.05, 0.1) is 24.2 Å². The number of amidine groups is 1. The zero-order chi connectivity index (χ0) is 22.6. The van der Waals surface area contributed by atoms with Crippen LogP contribution in [0.1, 0.15) is 43.2 Å². The summed E-state index contributed by atoms with van der Waals surface area (Å²) in [5, 5.41) is 24.3. The van der Waals surface area contributed by atoms with Gasteiger partial charge < -0.3 is 15.2 Å². The summed E-state index contributed by atoms with van der Waals surface area (Å²) in [5.41, 5.74) is 3.60. The number of ether oxygens (including phenoxy) is 1. The summed E-state index contributed by atoms with van der Waals surface area (Å²) in [7, 11) is 1.87. The number of anilines is 1. The Hall–Kier alpha value is -3.39. The van der Waals surface area contributed by atoms with Crippen LogP contribution in [0.3, 0.4) is 0 Å². The van der Waals surface area contributed by atoms with E-state index in [4.69, 9.17) is 9.73 Å². The van der Waals surface area contributed by atoms with Crippen LogP contribution in [-0.4, -0.2) is 45.2 Å². The molecular formula is C25H30N6O2. The molecule has 3 heterocycles. The Labute approximate surface area is 194 Å². The van der Waals surface area contributed by atoms with Crippen molar-refractivity contribution in [2.75, 3.05) is 11.6 Å². The lowest BCUT2D eigenvalue weighted by molar-refractivity contribution is 0.0800. The van der Waals surface area contributed by atoms with Crippen molar-refractivity contribution in [3.63, 3.8) is 0 Å². The third-order valence-corrected chi connectivity index (χ3v) is 6.16. The Morgan fingerprint density at radius 2 is 2.09 bits per heavy atom. The molecular weight excluding hydrogens is 416 g/mol. The molecule has 1 aliphatic carbocycles. The highest BCUT2D eigenvalue weighted by Gasteiger charge is 2.20. The van der Waals surface area contributed by atoms with E-state index in [1.165, 1.54) is 19.3 Å². The molecule has 8 heteroatoms. The van der Waals surface area contributed by atoms with Crippen molar-refractivity contribution >= 4 is 17.2 Å². The van der Waals surface area contributed by atoms with Gasteiger partial charge in [-0.05, 0) is 43.4 Å². The summed E-state index contributed by atoms with van der Waals surface area (Å²) in [5.74, 6) is 1.74. The molecule has 0 bridgehead atoms. The molecule has 5 rings (SSSR count). The average Bonchev–Trinajstić information content (AvgIpc) is 3.28. The molecule has 2 N–H and O–H groups in total. The third kappa shape index (κ3) is 5.17. The molecule has 1 unspecified atom stereocenters. The van der Waals surface area contributed by atoms with Crippen LogP contribution in [-0.2, 0) is 18.2 Å².